The minimum atomic E-state index is -0.571. The summed E-state index contributed by atoms with van der Waals surface area (Å²) in [6, 6.07) is 14.7. The van der Waals surface area contributed by atoms with Gasteiger partial charge in [-0.25, -0.2) is 0 Å². The lowest BCUT2D eigenvalue weighted by molar-refractivity contribution is 0.103. The summed E-state index contributed by atoms with van der Waals surface area (Å²) in [5.74, 6) is -0.788. The molecule has 0 atom stereocenters. The molecule has 0 fully saturated rings. The Kier molecular flexibility index (Phi) is 4.59. The maximum atomic E-state index is 13.3. The molecule has 5 nitrogen and oxygen atoms in total. The predicted molar refractivity (Wildman–Crippen MR) is 99.5 cm³/mol. The van der Waals surface area contributed by atoms with E-state index >= 15 is 0 Å². The van der Waals surface area contributed by atoms with Gasteiger partial charge in [-0.05, 0) is 29.7 Å². The van der Waals surface area contributed by atoms with E-state index in [1.54, 1.807) is 12.1 Å². The number of hydrogen-bond acceptors (Lipinski definition) is 4. The molecule has 2 aromatic carbocycles. The zero-order valence-electron chi connectivity index (χ0n) is 14.6. The van der Waals surface area contributed by atoms with E-state index in [4.69, 9.17) is 0 Å². The van der Waals surface area contributed by atoms with Crippen molar-refractivity contribution in [1.82, 2.24) is 4.57 Å². The molecule has 3 rings (SSSR count). The highest BCUT2D eigenvalue weighted by Crippen LogP contribution is 2.28. The summed E-state index contributed by atoms with van der Waals surface area (Å²) in [6.45, 7) is 3.60. The first-order valence-electron chi connectivity index (χ1n) is 8.40. The molecule has 26 heavy (non-hydrogen) atoms. The topological polar surface area (TPSA) is 83.1 Å². The van der Waals surface area contributed by atoms with Gasteiger partial charge in [-0.3, -0.25) is 14.2 Å². The molecule has 0 bridgehead atoms. The fraction of sp³-hybridized carbons (Fsp3) is 0.190. The molecule has 0 spiro atoms. The van der Waals surface area contributed by atoms with Crippen LogP contribution in [-0.4, -0.2) is 15.5 Å². The van der Waals surface area contributed by atoms with Crippen LogP contribution in [0.1, 0.15) is 40.4 Å². The third-order valence-electron chi connectivity index (χ3n) is 4.51. The molecular weight excluding hydrogens is 328 g/mol. The number of nitrogens with zero attached hydrogens (tertiary/aromatic N) is 2. The second-order valence-electron chi connectivity index (χ2n) is 6.12. The van der Waals surface area contributed by atoms with E-state index in [9.17, 15) is 20.0 Å². The van der Waals surface area contributed by atoms with Gasteiger partial charge in [0.1, 0.15) is 11.6 Å². The number of carbonyl (C=O) groups excluding carboxylic acids is 1. The van der Waals surface area contributed by atoms with Crippen LogP contribution in [0.3, 0.4) is 0 Å². The van der Waals surface area contributed by atoms with E-state index in [-0.39, 0.29) is 29.1 Å². The minimum absolute atomic E-state index is 0.00551. The van der Waals surface area contributed by atoms with Crippen molar-refractivity contribution < 1.29 is 9.90 Å². The number of ketones is 1. The smallest absolute Gasteiger partial charge is 0.271 e. The molecule has 0 aliphatic carbocycles. The van der Waals surface area contributed by atoms with E-state index < -0.39 is 11.3 Å². The fourth-order valence-corrected chi connectivity index (χ4v) is 3.21. The van der Waals surface area contributed by atoms with Crippen molar-refractivity contribution in [2.75, 3.05) is 0 Å². The van der Waals surface area contributed by atoms with Gasteiger partial charge < -0.3 is 5.11 Å². The Balaban J connectivity index is 2.33. The van der Waals surface area contributed by atoms with Gasteiger partial charge in [0.25, 0.3) is 5.56 Å². The van der Waals surface area contributed by atoms with Gasteiger partial charge in [0.2, 0.25) is 5.88 Å². The zero-order valence-corrected chi connectivity index (χ0v) is 14.6. The summed E-state index contributed by atoms with van der Waals surface area (Å²) < 4.78 is 1.10. The first-order chi connectivity index (χ1) is 12.5. The normalized spacial score (nSPS) is 10.7. The monoisotopic (exact) mass is 346 g/mol. The molecule has 0 radical (unpaired) electrons. The molecule has 5 heteroatoms. The summed E-state index contributed by atoms with van der Waals surface area (Å²) in [4.78, 5) is 25.7. The molecule has 0 aliphatic heterocycles. The molecule has 1 heterocycles. The largest absolute Gasteiger partial charge is 0.494 e. The maximum absolute atomic E-state index is 13.3. The maximum Gasteiger partial charge on any atom is 0.271 e. The van der Waals surface area contributed by atoms with Crippen LogP contribution in [0.4, 0.5) is 0 Å². The van der Waals surface area contributed by atoms with Crippen LogP contribution in [0.2, 0.25) is 0 Å². The zero-order chi connectivity index (χ0) is 18.8. The summed E-state index contributed by atoms with van der Waals surface area (Å²) in [5, 5.41) is 21.7. The van der Waals surface area contributed by atoms with E-state index in [1.165, 1.54) is 6.92 Å². The number of aromatic hydroxyl groups is 1. The van der Waals surface area contributed by atoms with E-state index in [1.807, 2.05) is 43.3 Å². The molecule has 0 amide bonds. The molecule has 130 valence electrons. The summed E-state index contributed by atoms with van der Waals surface area (Å²) >= 11 is 0. The molecule has 3 aromatic rings. The van der Waals surface area contributed by atoms with Gasteiger partial charge in [0, 0.05) is 12.1 Å². The molecular formula is C21H18N2O3. The highest BCUT2D eigenvalue weighted by Gasteiger charge is 2.25. The molecule has 0 saturated heterocycles. The number of hydrogen-bond donors (Lipinski definition) is 1. The van der Waals surface area contributed by atoms with Crippen LogP contribution in [0.25, 0.3) is 10.8 Å². The molecule has 0 unspecified atom stereocenters. The van der Waals surface area contributed by atoms with Crippen LogP contribution in [0.5, 0.6) is 5.88 Å². The second-order valence-corrected chi connectivity index (χ2v) is 6.12. The van der Waals surface area contributed by atoms with Crippen molar-refractivity contribution in [2.45, 2.75) is 26.8 Å². The first kappa shape index (κ1) is 17.4. The van der Waals surface area contributed by atoms with Crippen molar-refractivity contribution in [3.63, 3.8) is 0 Å². The summed E-state index contributed by atoms with van der Waals surface area (Å²) in [5.41, 5.74) is -0.0445. The lowest BCUT2D eigenvalue weighted by Gasteiger charge is -2.15. The van der Waals surface area contributed by atoms with Crippen molar-refractivity contribution in [3.05, 3.63) is 75.1 Å². The molecule has 1 aromatic heterocycles. The fourth-order valence-electron chi connectivity index (χ4n) is 3.21. The highest BCUT2D eigenvalue weighted by atomic mass is 16.3. The summed E-state index contributed by atoms with van der Waals surface area (Å²) in [7, 11) is 0. The van der Waals surface area contributed by atoms with Crippen LogP contribution in [0, 0.1) is 18.3 Å². The number of carbonyl (C=O) groups is 1. The number of fused-ring (bicyclic) bond motifs is 1. The Morgan fingerprint density at radius 1 is 1.19 bits per heavy atom. The molecule has 1 N–H and O–H groups in total. The Hall–Kier alpha value is -3.39. The Labute approximate surface area is 150 Å². The number of nitriles is 1. The van der Waals surface area contributed by atoms with Crippen molar-refractivity contribution in [1.29, 1.82) is 5.26 Å². The lowest BCUT2D eigenvalue weighted by Crippen LogP contribution is -2.26. The van der Waals surface area contributed by atoms with Crippen molar-refractivity contribution in [3.8, 4) is 11.9 Å². The molecule has 0 saturated carbocycles. The van der Waals surface area contributed by atoms with Gasteiger partial charge in [-0.1, -0.05) is 49.4 Å². The summed E-state index contributed by atoms with van der Waals surface area (Å²) in [6.07, 6.45) is 0.587. The van der Waals surface area contributed by atoms with Gasteiger partial charge in [0.15, 0.2) is 5.78 Å². The Morgan fingerprint density at radius 2 is 1.88 bits per heavy atom. The quantitative estimate of drug-likeness (QED) is 0.733. The van der Waals surface area contributed by atoms with Crippen molar-refractivity contribution in [2.24, 2.45) is 0 Å². The third-order valence-corrected chi connectivity index (χ3v) is 4.51. The first-order valence-corrected chi connectivity index (χ1v) is 8.40. The number of rotatable bonds is 4. The van der Waals surface area contributed by atoms with Crippen LogP contribution in [0.15, 0.2) is 47.3 Å². The SMILES string of the molecule is CCCn1c(O)c(C(=O)c2cccc3ccccc23)c(C)c(C#N)c1=O. The van der Waals surface area contributed by atoms with Crippen LogP contribution >= 0.6 is 0 Å². The Bertz CT molecular complexity index is 1120. The van der Waals surface area contributed by atoms with Crippen LogP contribution in [-0.2, 0) is 6.54 Å². The van der Waals surface area contributed by atoms with E-state index in [2.05, 4.69) is 0 Å². The number of aromatic nitrogens is 1. The number of pyridine rings is 1. The van der Waals surface area contributed by atoms with Gasteiger partial charge >= 0.3 is 0 Å². The predicted octanol–water partition coefficient (Wildman–Crippen LogP) is 3.53. The molecule has 0 aliphatic rings. The second kappa shape index (κ2) is 6.85. The van der Waals surface area contributed by atoms with Crippen molar-refractivity contribution >= 4 is 16.6 Å². The number of benzene rings is 2. The standard InChI is InChI=1S/C21H18N2O3/c1-3-11-23-20(25)17(12-22)13(2)18(21(23)26)19(24)16-10-6-8-14-7-4-5-9-15(14)16/h4-10,26H,3,11H2,1-2H3. The minimum Gasteiger partial charge on any atom is -0.494 e. The van der Waals surface area contributed by atoms with Gasteiger partial charge in [-0.15, -0.1) is 0 Å². The van der Waals surface area contributed by atoms with Gasteiger partial charge in [-0.2, -0.15) is 5.26 Å². The third kappa shape index (κ3) is 2.66. The van der Waals surface area contributed by atoms with Crippen LogP contribution < -0.4 is 5.56 Å². The average Bonchev–Trinajstić information content (AvgIpc) is 2.65. The average molecular weight is 346 g/mol. The Morgan fingerprint density at radius 3 is 2.58 bits per heavy atom. The van der Waals surface area contributed by atoms with Gasteiger partial charge in [0.05, 0.1) is 5.56 Å². The van der Waals surface area contributed by atoms with E-state index in [0.29, 0.717) is 12.0 Å². The van der Waals surface area contributed by atoms with E-state index in [0.717, 1.165) is 15.3 Å². The lowest BCUT2D eigenvalue weighted by atomic mass is 9.94. The highest BCUT2D eigenvalue weighted by molar-refractivity contribution is 6.18.